The van der Waals surface area contributed by atoms with E-state index in [0.29, 0.717) is 26.1 Å². The number of ether oxygens (including phenoxy) is 1. The minimum absolute atomic E-state index is 0. The van der Waals surface area contributed by atoms with Gasteiger partial charge in [-0.3, -0.25) is 4.90 Å². The lowest BCUT2D eigenvalue weighted by molar-refractivity contribution is -0.182. The molecule has 0 bridgehead atoms. The van der Waals surface area contributed by atoms with Gasteiger partial charge >= 0.3 is 6.18 Å². The third-order valence-corrected chi connectivity index (χ3v) is 5.56. The number of hydrogen-bond donors (Lipinski definition) is 2. The second kappa shape index (κ2) is 9.54. The summed E-state index contributed by atoms with van der Waals surface area (Å²) in [4.78, 5) is 1.27. The Labute approximate surface area is 146 Å². The maximum Gasteiger partial charge on any atom is 0.405 e. The number of rotatable bonds is 6. The Morgan fingerprint density at radius 3 is 2.46 bits per heavy atom. The number of halogens is 4. The fourth-order valence-corrected chi connectivity index (χ4v) is 4.18. The van der Waals surface area contributed by atoms with Crippen molar-refractivity contribution in [2.75, 3.05) is 45.1 Å². The van der Waals surface area contributed by atoms with Gasteiger partial charge in [0.2, 0.25) is 10.0 Å². The first kappa shape index (κ1) is 21.9. The highest BCUT2D eigenvalue weighted by molar-refractivity contribution is 7.89. The topological polar surface area (TPSA) is 70.7 Å². The standard InChI is InChI=1S/C13H24F3N3O3S.ClH/c14-13(15,16)12(19-6-4-17-5-7-19)9-18-23(20,21)10-11-3-1-2-8-22-11;/h11-12,17-18H,1-10H2;1H. The number of sulfonamides is 1. The monoisotopic (exact) mass is 395 g/mol. The molecule has 144 valence electrons. The third kappa shape index (κ3) is 7.01. The van der Waals surface area contributed by atoms with Crippen molar-refractivity contribution in [3.63, 3.8) is 0 Å². The highest BCUT2D eigenvalue weighted by Crippen LogP contribution is 2.25. The van der Waals surface area contributed by atoms with E-state index >= 15 is 0 Å². The number of nitrogens with zero attached hydrogens (tertiary/aromatic N) is 1. The third-order valence-electron chi connectivity index (χ3n) is 4.15. The predicted molar refractivity (Wildman–Crippen MR) is 86.9 cm³/mol. The van der Waals surface area contributed by atoms with Crippen molar-refractivity contribution in [1.29, 1.82) is 0 Å². The molecule has 2 aliphatic rings. The lowest BCUT2D eigenvalue weighted by Gasteiger charge is -2.36. The summed E-state index contributed by atoms with van der Waals surface area (Å²) in [6.07, 6.45) is -2.50. The minimum atomic E-state index is -4.47. The van der Waals surface area contributed by atoms with E-state index < -0.39 is 34.9 Å². The van der Waals surface area contributed by atoms with E-state index in [1.807, 2.05) is 0 Å². The van der Waals surface area contributed by atoms with Crippen molar-refractivity contribution in [2.45, 2.75) is 37.6 Å². The number of alkyl halides is 3. The molecule has 0 aromatic rings. The molecule has 2 atom stereocenters. The molecule has 2 rings (SSSR count). The van der Waals surface area contributed by atoms with Crippen molar-refractivity contribution in [2.24, 2.45) is 0 Å². The van der Waals surface area contributed by atoms with Crippen molar-refractivity contribution in [1.82, 2.24) is 14.9 Å². The highest BCUT2D eigenvalue weighted by Gasteiger charge is 2.44. The summed E-state index contributed by atoms with van der Waals surface area (Å²) < 4.78 is 71.2. The first-order valence-corrected chi connectivity index (χ1v) is 9.53. The highest BCUT2D eigenvalue weighted by atomic mass is 35.5. The van der Waals surface area contributed by atoms with Crippen molar-refractivity contribution in [3.05, 3.63) is 0 Å². The minimum Gasteiger partial charge on any atom is -0.377 e. The molecule has 11 heteroatoms. The summed E-state index contributed by atoms with van der Waals surface area (Å²) >= 11 is 0. The van der Waals surface area contributed by atoms with Crippen molar-refractivity contribution in [3.8, 4) is 0 Å². The zero-order valence-corrected chi connectivity index (χ0v) is 15.0. The van der Waals surface area contributed by atoms with Gasteiger partial charge in [-0.25, -0.2) is 13.1 Å². The van der Waals surface area contributed by atoms with Crippen LogP contribution in [0.15, 0.2) is 0 Å². The van der Waals surface area contributed by atoms with E-state index in [-0.39, 0.29) is 31.2 Å². The average molecular weight is 396 g/mol. The molecule has 0 radical (unpaired) electrons. The maximum atomic E-state index is 13.2. The molecule has 2 fully saturated rings. The van der Waals surface area contributed by atoms with Crippen molar-refractivity contribution < 1.29 is 26.3 Å². The molecular formula is C13H25ClF3N3O3S. The molecule has 2 N–H and O–H groups in total. The smallest absolute Gasteiger partial charge is 0.377 e. The number of nitrogens with one attached hydrogen (secondary N) is 2. The first-order valence-electron chi connectivity index (χ1n) is 7.88. The normalized spacial score (nSPS) is 25.0. The molecule has 24 heavy (non-hydrogen) atoms. The van der Waals surface area contributed by atoms with Gasteiger partial charge in [0.15, 0.2) is 0 Å². The van der Waals surface area contributed by atoms with Crippen LogP contribution in [0.5, 0.6) is 0 Å². The molecule has 2 unspecified atom stereocenters. The van der Waals surface area contributed by atoms with Crippen LogP contribution in [-0.4, -0.2) is 76.7 Å². The van der Waals surface area contributed by atoms with Crippen LogP contribution in [-0.2, 0) is 14.8 Å². The van der Waals surface area contributed by atoms with Crippen LogP contribution in [0, 0.1) is 0 Å². The Balaban J connectivity index is 0.00000288. The molecule has 0 aromatic carbocycles. The van der Waals surface area contributed by atoms with Crippen LogP contribution in [0.2, 0.25) is 0 Å². The molecule has 2 saturated heterocycles. The Bertz CT molecular complexity index is 467. The van der Waals surface area contributed by atoms with Gasteiger partial charge in [-0.15, -0.1) is 12.4 Å². The van der Waals surface area contributed by atoms with Crippen LogP contribution in [0.1, 0.15) is 19.3 Å². The molecule has 0 aliphatic carbocycles. The van der Waals surface area contributed by atoms with E-state index in [0.717, 1.165) is 12.8 Å². The summed E-state index contributed by atoms with van der Waals surface area (Å²) in [5.74, 6) is -0.279. The van der Waals surface area contributed by atoms with Crippen LogP contribution < -0.4 is 10.0 Å². The lowest BCUT2D eigenvalue weighted by Crippen LogP contribution is -2.57. The van der Waals surface area contributed by atoms with Crippen LogP contribution in [0.25, 0.3) is 0 Å². The van der Waals surface area contributed by atoms with E-state index in [1.54, 1.807) is 0 Å². The molecule has 6 nitrogen and oxygen atoms in total. The first-order chi connectivity index (χ1) is 10.8. The quantitative estimate of drug-likeness (QED) is 0.694. The Morgan fingerprint density at radius 2 is 1.92 bits per heavy atom. The predicted octanol–water partition coefficient (Wildman–Crippen LogP) is 0.733. The second-order valence-corrected chi connectivity index (χ2v) is 7.81. The second-order valence-electron chi connectivity index (χ2n) is 5.96. The number of piperazine rings is 1. The van der Waals surface area contributed by atoms with E-state index in [2.05, 4.69) is 10.0 Å². The number of hydrogen-bond acceptors (Lipinski definition) is 5. The van der Waals surface area contributed by atoms with Gasteiger partial charge in [0.05, 0.1) is 11.9 Å². The van der Waals surface area contributed by atoms with Gasteiger partial charge in [-0.2, -0.15) is 13.2 Å². The zero-order chi connectivity index (χ0) is 16.9. The maximum absolute atomic E-state index is 13.2. The molecule has 0 spiro atoms. The molecular weight excluding hydrogens is 371 g/mol. The van der Waals surface area contributed by atoms with Gasteiger partial charge in [0, 0.05) is 39.3 Å². The summed E-state index contributed by atoms with van der Waals surface area (Å²) in [5.41, 5.74) is 0. The fourth-order valence-electron chi connectivity index (χ4n) is 2.89. The fraction of sp³-hybridized carbons (Fsp3) is 1.00. The van der Waals surface area contributed by atoms with E-state index in [1.165, 1.54) is 4.90 Å². The summed E-state index contributed by atoms with van der Waals surface area (Å²) in [6, 6.07) is -1.80. The zero-order valence-electron chi connectivity index (χ0n) is 13.3. The summed E-state index contributed by atoms with van der Waals surface area (Å²) in [6.45, 7) is 1.28. The van der Waals surface area contributed by atoms with Gasteiger partial charge in [-0.05, 0) is 19.3 Å². The lowest BCUT2D eigenvalue weighted by atomic mass is 10.1. The van der Waals surface area contributed by atoms with Crippen molar-refractivity contribution >= 4 is 22.4 Å². The van der Waals surface area contributed by atoms with E-state index in [9.17, 15) is 21.6 Å². The van der Waals surface area contributed by atoms with Gasteiger partial charge in [0.25, 0.3) is 0 Å². The largest absolute Gasteiger partial charge is 0.405 e. The summed E-state index contributed by atoms with van der Waals surface area (Å²) in [5, 5.41) is 2.98. The van der Waals surface area contributed by atoms with Crippen LogP contribution in [0.4, 0.5) is 13.2 Å². The average Bonchev–Trinajstić information content (AvgIpc) is 2.47. The van der Waals surface area contributed by atoms with Gasteiger partial charge < -0.3 is 10.1 Å². The molecule has 2 heterocycles. The molecule has 0 aromatic heterocycles. The SMILES string of the molecule is Cl.O=S(=O)(CC1CCCCO1)NCC(N1CCNCC1)C(F)(F)F. The Kier molecular flexibility index (Phi) is 8.71. The van der Waals surface area contributed by atoms with Gasteiger partial charge in [0.1, 0.15) is 6.04 Å². The van der Waals surface area contributed by atoms with Crippen LogP contribution in [0.3, 0.4) is 0 Å². The van der Waals surface area contributed by atoms with E-state index in [4.69, 9.17) is 4.74 Å². The molecule has 0 saturated carbocycles. The summed E-state index contributed by atoms with van der Waals surface area (Å²) in [7, 11) is -3.79. The Morgan fingerprint density at radius 1 is 1.25 bits per heavy atom. The molecule has 0 amide bonds. The van der Waals surface area contributed by atoms with Crippen LogP contribution >= 0.6 is 12.4 Å². The van der Waals surface area contributed by atoms with Gasteiger partial charge in [-0.1, -0.05) is 0 Å². The Hall–Kier alpha value is -0.130. The molecule has 2 aliphatic heterocycles.